The van der Waals surface area contributed by atoms with Gasteiger partial charge in [-0.2, -0.15) is 0 Å². The Hall–Kier alpha value is -1.54. The summed E-state index contributed by atoms with van der Waals surface area (Å²) in [6.07, 6.45) is 0. The lowest BCUT2D eigenvalue weighted by Gasteiger charge is -2.06. The van der Waals surface area contributed by atoms with Crippen LogP contribution >= 0.6 is 0 Å². The summed E-state index contributed by atoms with van der Waals surface area (Å²) < 4.78 is 5.84. The predicted molar refractivity (Wildman–Crippen MR) is 75.6 cm³/mol. The van der Waals surface area contributed by atoms with Crippen molar-refractivity contribution in [3.8, 4) is 11.3 Å². The molecule has 0 spiro atoms. The maximum absolute atomic E-state index is 5.84. The molecule has 0 saturated heterocycles. The molecule has 18 heavy (non-hydrogen) atoms. The fourth-order valence-electron chi connectivity index (χ4n) is 1.93. The molecule has 0 atom stereocenters. The van der Waals surface area contributed by atoms with Crippen molar-refractivity contribution in [2.24, 2.45) is 0 Å². The fraction of sp³-hybridized carbons (Fsp3) is 0.375. The second kappa shape index (κ2) is 5.87. The molecule has 1 N–H and O–H groups in total. The Morgan fingerprint density at radius 1 is 1.17 bits per heavy atom. The lowest BCUT2D eigenvalue weighted by molar-refractivity contribution is 0.498. The van der Waals surface area contributed by atoms with Gasteiger partial charge in [-0.1, -0.05) is 39.0 Å². The average molecular weight is 243 g/mol. The van der Waals surface area contributed by atoms with Gasteiger partial charge in [-0.15, -0.1) is 0 Å². The highest BCUT2D eigenvalue weighted by Gasteiger charge is 2.06. The molecule has 2 aromatic rings. The topological polar surface area (TPSA) is 25.2 Å². The summed E-state index contributed by atoms with van der Waals surface area (Å²) in [5.41, 5.74) is 2.50. The summed E-state index contributed by atoms with van der Waals surface area (Å²) in [5.74, 6) is 2.48. The van der Waals surface area contributed by atoms with Crippen LogP contribution in [0.4, 0.5) is 0 Å². The van der Waals surface area contributed by atoms with E-state index in [1.165, 1.54) is 5.56 Å². The molecular weight excluding hydrogens is 222 g/mol. The number of benzene rings is 1. The van der Waals surface area contributed by atoms with Crippen molar-refractivity contribution in [3.05, 3.63) is 47.7 Å². The van der Waals surface area contributed by atoms with Crippen LogP contribution in [0.2, 0.25) is 0 Å². The van der Waals surface area contributed by atoms with Crippen LogP contribution in [0, 0.1) is 0 Å². The number of furan rings is 1. The normalized spacial score (nSPS) is 11.1. The molecule has 0 aliphatic heterocycles. The molecule has 1 heterocycles. The minimum Gasteiger partial charge on any atom is -0.460 e. The molecule has 0 aliphatic carbocycles. The zero-order valence-electron chi connectivity index (χ0n) is 11.4. The van der Waals surface area contributed by atoms with Crippen LogP contribution in [0.5, 0.6) is 0 Å². The summed E-state index contributed by atoms with van der Waals surface area (Å²) in [7, 11) is 0. The first-order valence-corrected chi connectivity index (χ1v) is 6.60. The molecule has 2 rings (SSSR count). The van der Waals surface area contributed by atoms with E-state index in [1.54, 1.807) is 0 Å². The second-order valence-corrected chi connectivity index (χ2v) is 4.83. The van der Waals surface area contributed by atoms with E-state index in [-0.39, 0.29) is 0 Å². The van der Waals surface area contributed by atoms with Crippen LogP contribution < -0.4 is 5.32 Å². The van der Waals surface area contributed by atoms with Crippen LogP contribution in [0.25, 0.3) is 11.3 Å². The lowest BCUT2D eigenvalue weighted by atomic mass is 10.0. The number of nitrogens with one attached hydrogen (secondary N) is 1. The Labute approximate surface area is 109 Å². The average Bonchev–Trinajstić information content (AvgIpc) is 2.85. The number of hydrogen-bond donors (Lipinski definition) is 1. The Kier molecular flexibility index (Phi) is 4.21. The van der Waals surface area contributed by atoms with Gasteiger partial charge in [0.05, 0.1) is 6.54 Å². The summed E-state index contributed by atoms with van der Waals surface area (Å²) in [6, 6.07) is 12.7. The van der Waals surface area contributed by atoms with Crippen LogP contribution in [-0.2, 0) is 6.54 Å². The van der Waals surface area contributed by atoms with Gasteiger partial charge in [0, 0.05) is 5.56 Å². The van der Waals surface area contributed by atoms with Gasteiger partial charge >= 0.3 is 0 Å². The van der Waals surface area contributed by atoms with E-state index in [0.717, 1.165) is 30.2 Å². The predicted octanol–water partition coefficient (Wildman–Crippen LogP) is 4.18. The van der Waals surface area contributed by atoms with Crippen LogP contribution in [0.1, 0.15) is 38.0 Å². The van der Waals surface area contributed by atoms with Crippen molar-refractivity contribution in [2.75, 3.05) is 6.54 Å². The van der Waals surface area contributed by atoms with E-state index in [9.17, 15) is 0 Å². The molecular formula is C16H21NO. The van der Waals surface area contributed by atoms with Gasteiger partial charge in [0.15, 0.2) is 0 Å². The molecule has 0 radical (unpaired) electrons. The van der Waals surface area contributed by atoms with E-state index >= 15 is 0 Å². The Balaban J connectivity index is 2.20. The molecule has 2 heteroatoms. The minimum atomic E-state index is 0.543. The Morgan fingerprint density at radius 3 is 2.72 bits per heavy atom. The van der Waals surface area contributed by atoms with E-state index in [0.29, 0.717) is 5.92 Å². The van der Waals surface area contributed by atoms with Crippen molar-refractivity contribution in [1.29, 1.82) is 0 Å². The van der Waals surface area contributed by atoms with Crippen LogP contribution in [0.15, 0.2) is 40.8 Å². The summed E-state index contributed by atoms with van der Waals surface area (Å²) in [6.45, 7) is 8.25. The Bertz CT molecular complexity index is 499. The van der Waals surface area contributed by atoms with Crippen LogP contribution in [0.3, 0.4) is 0 Å². The summed E-state index contributed by atoms with van der Waals surface area (Å²) in [4.78, 5) is 0. The maximum atomic E-state index is 5.84. The molecule has 0 unspecified atom stereocenters. The fourth-order valence-corrected chi connectivity index (χ4v) is 1.93. The number of hydrogen-bond acceptors (Lipinski definition) is 2. The van der Waals surface area contributed by atoms with Crippen molar-refractivity contribution in [2.45, 2.75) is 33.2 Å². The molecule has 2 nitrogen and oxygen atoms in total. The highest BCUT2D eigenvalue weighted by Crippen LogP contribution is 2.25. The molecule has 0 fully saturated rings. The van der Waals surface area contributed by atoms with Gasteiger partial charge in [0.25, 0.3) is 0 Å². The molecule has 0 bridgehead atoms. The van der Waals surface area contributed by atoms with Gasteiger partial charge in [-0.25, -0.2) is 0 Å². The van der Waals surface area contributed by atoms with Gasteiger partial charge in [0.1, 0.15) is 11.5 Å². The first kappa shape index (κ1) is 12.9. The molecule has 0 amide bonds. The van der Waals surface area contributed by atoms with Gasteiger partial charge in [-0.05, 0) is 36.2 Å². The summed E-state index contributed by atoms with van der Waals surface area (Å²) in [5, 5.41) is 3.27. The SMILES string of the molecule is CCNCc1ccc(-c2cccc(C(C)C)c2)o1. The number of rotatable bonds is 5. The second-order valence-electron chi connectivity index (χ2n) is 4.83. The standard InChI is InChI=1S/C16H21NO/c1-4-17-11-15-8-9-16(18-15)14-7-5-6-13(10-14)12(2)3/h5-10,12,17H,4,11H2,1-3H3. The lowest BCUT2D eigenvalue weighted by Crippen LogP contribution is -2.10. The maximum Gasteiger partial charge on any atom is 0.134 e. The van der Waals surface area contributed by atoms with Gasteiger partial charge in [-0.3, -0.25) is 0 Å². The van der Waals surface area contributed by atoms with E-state index in [2.05, 4.69) is 50.4 Å². The monoisotopic (exact) mass is 243 g/mol. The molecule has 0 saturated carbocycles. The third kappa shape index (κ3) is 3.02. The quantitative estimate of drug-likeness (QED) is 0.852. The highest BCUT2D eigenvalue weighted by atomic mass is 16.3. The molecule has 1 aromatic carbocycles. The van der Waals surface area contributed by atoms with Crippen molar-refractivity contribution >= 4 is 0 Å². The zero-order chi connectivity index (χ0) is 13.0. The van der Waals surface area contributed by atoms with Crippen molar-refractivity contribution in [3.63, 3.8) is 0 Å². The zero-order valence-corrected chi connectivity index (χ0v) is 11.4. The summed E-state index contributed by atoms with van der Waals surface area (Å²) >= 11 is 0. The van der Waals surface area contributed by atoms with E-state index in [4.69, 9.17) is 4.42 Å². The largest absolute Gasteiger partial charge is 0.460 e. The van der Waals surface area contributed by atoms with Gasteiger partial charge < -0.3 is 9.73 Å². The third-order valence-corrected chi connectivity index (χ3v) is 3.05. The molecule has 0 aliphatic rings. The smallest absolute Gasteiger partial charge is 0.134 e. The minimum absolute atomic E-state index is 0.543. The van der Waals surface area contributed by atoms with Crippen molar-refractivity contribution in [1.82, 2.24) is 5.32 Å². The van der Waals surface area contributed by atoms with Gasteiger partial charge in [0.2, 0.25) is 0 Å². The van der Waals surface area contributed by atoms with Crippen molar-refractivity contribution < 1.29 is 4.42 Å². The third-order valence-electron chi connectivity index (χ3n) is 3.05. The molecule has 96 valence electrons. The van der Waals surface area contributed by atoms with Crippen LogP contribution in [-0.4, -0.2) is 6.54 Å². The van der Waals surface area contributed by atoms with E-state index in [1.807, 2.05) is 12.1 Å². The highest BCUT2D eigenvalue weighted by molar-refractivity contribution is 5.58. The first-order valence-electron chi connectivity index (χ1n) is 6.60. The van der Waals surface area contributed by atoms with E-state index < -0.39 is 0 Å². The Morgan fingerprint density at radius 2 is 2.00 bits per heavy atom. The molecule has 1 aromatic heterocycles. The first-order chi connectivity index (χ1) is 8.70.